The van der Waals surface area contributed by atoms with Crippen LogP contribution in [0.25, 0.3) is 0 Å². The standard InChI is InChI=1S/C16H23NO3S/c1-11-9-13(10-12(2)20-11)18-7-8-19-15-6-4-3-5-14(15)16(17)21/h3-6,11-13H,7-10H2,1-2H3,(H2,17,21). The minimum atomic E-state index is 0.248. The normalized spacial score (nSPS) is 25.5. The second kappa shape index (κ2) is 7.73. The molecule has 1 aliphatic rings. The van der Waals surface area contributed by atoms with Gasteiger partial charge in [-0.25, -0.2) is 0 Å². The Kier molecular flexibility index (Phi) is 5.96. The number of nitrogens with two attached hydrogens (primary N) is 1. The highest BCUT2D eigenvalue weighted by Gasteiger charge is 2.24. The minimum Gasteiger partial charge on any atom is -0.490 e. The average Bonchev–Trinajstić information content (AvgIpc) is 2.43. The van der Waals surface area contributed by atoms with Gasteiger partial charge in [-0.15, -0.1) is 0 Å². The van der Waals surface area contributed by atoms with Crippen molar-refractivity contribution in [2.75, 3.05) is 13.2 Å². The molecule has 0 aromatic heterocycles. The predicted octanol–water partition coefficient (Wildman–Crippen LogP) is 2.67. The fraction of sp³-hybridized carbons (Fsp3) is 0.562. The van der Waals surface area contributed by atoms with Crippen molar-refractivity contribution < 1.29 is 14.2 Å². The molecule has 21 heavy (non-hydrogen) atoms. The van der Waals surface area contributed by atoms with Crippen LogP contribution in [-0.2, 0) is 9.47 Å². The van der Waals surface area contributed by atoms with E-state index < -0.39 is 0 Å². The van der Waals surface area contributed by atoms with Gasteiger partial charge in [0.2, 0.25) is 0 Å². The minimum absolute atomic E-state index is 0.248. The molecule has 0 amide bonds. The summed E-state index contributed by atoms with van der Waals surface area (Å²) in [5.74, 6) is 0.710. The predicted molar refractivity (Wildman–Crippen MR) is 86.8 cm³/mol. The molecular formula is C16H23NO3S. The lowest BCUT2D eigenvalue weighted by Crippen LogP contribution is -2.34. The van der Waals surface area contributed by atoms with Crippen molar-refractivity contribution in [1.29, 1.82) is 0 Å². The zero-order valence-electron chi connectivity index (χ0n) is 12.6. The fourth-order valence-corrected chi connectivity index (χ4v) is 2.81. The maximum absolute atomic E-state index is 5.88. The molecule has 2 atom stereocenters. The summed E-state index contributed by atoms with van der Waals surface area (Å²) < 4.78 is 17.3. The van der Waals surface area contributed by atoms with Crippen LogP contribution >= 0.6 is 12.2 Å². The zero-order chi connectivity index (χ0) is 15.2. The van der Waals surface area contributed by atoms with Crippen molar-refractivity contribution in [2.24, 2.45) is 5.73 Å². The van der Waals surface area contributed by atoms with Gasteiger partial charge in [-0.2, -0.15) is 0 Å². The topological polar surface area (TPSA) is 53.7 Å². The molecule has 2 rings (SSSR count). The van der Waals surface area contributed by atoms with E-state index in [1.165, 1.54) is 0 Å². The van der Waals surface area contributed by atoms with Gasteiger partial charge in [0.05, 0.1) is 30.5 Å². The number of thiocarbonyl (C=S) groups is 1. The highest BCUT2D eigenvalue weighted by molar-refractivity contribution is 7.80. The molecule has 1 aromatic rings. The molecule has 2 N–H and O–H groups in total. The van der Waals surface area contributed by atoms with E-state index in [2.05, 4.69) is 13.8 Å². The van der Waals surface area contributed by atoms with Crippen LogP contribution in [0.2, 0.25) is 0 Å². The largest absolute Gasteiger partial charge is 0.490 e. The Morgan fingerprint density at radius 3 is 2.57 bits per heavy atom. The molecule has 0 spiro atoms. The number of hydrogen-bond acceptors (Lipinski definition) is 4. The summed E-state index contributed by atoms with van der Waals surface area (Å²) >= 11 is 5.01. The Morgan fingerprint density at radius 2 is 1.90 bits per heavy atom. The third kappa shape index (κ3) is 4.95. The lowest BCUT2D eigenvalue weighted by molar-refractivity contribution is -0.104. The molecule has 2 unspecified atom stereocenters. The summed E-state index contributed by atoms with van der Waals surface area (Å²) in [4.78, 5) is 0.346. The van der Waals surface area contributed by atoms with E-state index >= 15 is 0 Å². The van der Waals surface area contributed by atoms with Crippen molar-refractivity contribution in [3.8, 4) is 5.75 Å². The first-order chi connectivity index (χ1) is 10.1. The fourth-order valence-electron chi connectivity index (χ4n) is 2.64. The SMILES string of the molecule is CC1CC(OCCOc2ccccc2C(N)=S)CC(C)O1. The molecule has 1 aromatic carbocycles. The number of hydrogen-bond donors (Lipinski definition) is 1. The van der Waals surface area contributed by atoms with Gasteiger partial charge in [-0.05, 0) is 38.8 Å². The van der Waals surface area contributed by atoms with Gasteiger partial charge < -0.3 is 19.9 Å². The summed E-state index contributed by atoms with van der Waals surface area (Å²) in [6.45, 7) is 5.21. The number of ether oxygens (including phenoxy) is 3. The van der Waals surface area contributed by atoms with Crippen LogP contribution in [0.4, 0.5) is 0 Å². The van der Waals surface area contributed by atoms with E-state index in [4.69, 9.17) is 32.2 Å². The number of benzene rings is 1. The molecule has 0 radical (unpaired) electrons. The Hall–Kier alpha value is -1.17. The summed E-state index contributed by atoms with van der Waals surface area (Å²) in [6.07, 6.45) is 2.64. The highest BCUT2D eigenvalue weighted by Crippen LogP contribution is 2.22. The molecule has 1 aliphatic heterocycles. The Morgan fingerprint density at radius 1 is 1.24 bits per heavy atom. The summed E-state index contributed by atoms with van der Waals surface area (Å²) in [7, 11) is 0. The van der Waals surface area contributed by atoms with Gasteiger partial charge in [-0.1, -0.05) is 24.4 Å². The smallest absolute Gasteiger partial charge is 0.129 e. The van der Waals surface area contributed by atoms with E-state index in [0.29, 0.717) is 24.0 Å². The zero-order valence-corrected chi connectivity index (χ0v) is 13.4. The third-order valence-electron chi connectivity index (χ3n) is 3.50. The van der Waals surface area contributed by atoms with Crippen LogP contribution < -0.4 is 10.5 Å². The van der Waals surface area contributed by atoms with Crippen LogP contribution in [0, 0.1) is 0 Å². The quantitative estimate of drug-likeness (QED) is 0.647. The molecule has 1 heterocycles. The number of rotatable bonds is 6. The van der Waals surface area contributed by atoms with E-state index in [1.54, 1.807) is 0 Å². The first kappa shape index (κ1) is 16.2. The van der Waals surface area contributed by atoms with Gasteiger partial charge in [-0.3, -0.25) is 0 Å². The second-order valence-electron chi connectivity index (χ2n) is 5.43. The van der Waals surface area contributed by atoms with Gasteiger partial charge in [0.15, 0.2) is 0 Å². The van der Waals surface area contributed by atoms with E-state index in [-0.39, 0.29) is 18.3 Å². The van der Waals surface area contributed by atoms with Gasteiger partial charge in [0.25, 0.3) is 0 Å². The van der Waals surface area contributed by atoms with E-state index in [0.717, 1.165) is 18.4 Å². The molecule has 116 valence electrons. The Labute approximate surface area is 131 Å². The van der Waals surface area contributed by atoms with E-state index in [1.807, 2.05) is 24.3 Å². The van der Waals surface area contributed by atoms with Crippen LogP contribution in [0.3, 0.4) is 0 Å². The van der Waals surface area contributed by atoms with Gasteiger partial charge >= 0.3 is 0 Å². The maximum atomic E-state index is 5.88. The average molecular weight is 309 g/mol. The summed E-state index contributed by atoms with van der Waals surface area (Å²) in [5, 5.41) is 0. The summed E-state index contributed by atoms with van der Waals surface area (Å²) in [5.41, 5.74) is 6.44. The Bertz CT molecular complexity index is 470. The first-order valence-electron chi connectivity index (χ1n) is 7.35. The molecule has 0 saturated carbocycles. The van der Waals surface area contributed by atoms with Gasteiger partial charge in [0, 0.05) is 0 Å². The van der Waals surface area contributed by atoms with Gasteiger partial charge in [0.1, 0.15) is 17.3 Å². The van der Waals surface area contributed by atoms with Crippen molar-refractivity contribution in [3.63, 3.8) is 0 Å². The molecule has 0 aliphatic carbocycles. The lowest BCUT2D eigenvalue weighted by Gasteiger charge is -2.31. The van der Waals surface area contributed by atoms with Crippen LogP contribution in [0.1, 0.15) is 32.3 Å². The molecule has 1 fully saturated rings. The number of para-hydroxylation sites is 1. The van der Waals surface area contributed by atoms with Crippen molar-refractivity contribution in [2.45, 2.75) is 45.0 Å². The van der Waals surface area contributed by atoms with Crippen molar-refractivity contribution >= 4 is 17.2 Å². The maximum Gasteiger partial charge on any atom is 0.129 e. The molecule has 5 heteroatoms. The highest BCUT2D eigenvalue weighted by atomic mass is 32.1. The molecule has 4 nitrogen and oxygen atoms in total. The van der Waals surface area contributed by atoms with Crippen LogP contribution in [0.5, 0.6) is 5.75 Å². The monoisotopic (exact) mass is 309 g/mol. The van der Waals surface area contributed by atoms with Crippen molar-refractivity contribution in [1.82, 2.24) is 0 Å². The Balaban J connectivity index is 1.76. The van der Waals surface area contributed by atoms with Crippen LogP contribution in [-0.4, -0.2) is 36.5 Å². The first-order valence-corrected chi connectivity index (χ1v) is 7.75. The van der Waals surface area contributed by atoms with Crippen LogP contribution in [0.15, 0.2) is 24.3 Å². The second-order valence-corrected chi connectivity index (χ2v) is 5.87. The molecular weight excluding hydrogens is 286 g/mol. The van der Waals surface area contributed by atoms with Crippen molar-refractivity contribution in [3.05, 3.63) is 29.8 Å². The lowest BCUT2D eigenvalue weighted by atomic mass is 10.0. The molecule has 1 saturated heterocycles. The molecule has 0 bridgehead atoms. The van der Waals surface area contributed by atoms with E-state index in [9.17, 15) is 0 Å². The summed E-state index contributed by atoms with van der Waals surface area (Å²) in [6, 6.07) is 7.52. The third-order valence-corrected chi connectivity index (χ3v) is 3.72.